The Labute approximate surface area is 104 Å². The molecule has 2 heteroatoms. The van der Waals surface area contributed by atoms with Crippen LogP contribution in [0.15, 0.2) is 24.3 Å². The topological polar surface area (TPSA) is 0 Å². The van der Waals surface area contributed by atoms with Crippen LogP contribution in [0.3, 0.4) is 0 Å². The van der Waals surface area contributed by atoms with Crippen molar-refractivity contribution in [2.75, 3.05) is 0 Å². The Morgan fingerprint density at radius 1 is 1.23 bits per heavy atom. The van der Waals surface area contributed by atoms with Gasteiger partial charge in [-0.1, -0.05) is 19.4 Å². The van der Waals surface area contributed by atoms with Crippen LogP contribution in [-0.2, 0) is 0 Å². The van der Waals surface area contributed by atoms with Crippen LogP contribution in [0.5, 0.6) is 0 Å². The van der Waals surface area contributed by atoms with E-state index in [1.165, 1.54) is 12.0 Å². The van der Waals surface area contributed by atoms with Crippen molar-refractivity contribution >= 4 is 23.1 Å². The van der Waals surface area contributed by atoms with E-state index < -0.39 is 0 Å². The molecule has 1 aromatic carbocycles. The van der Waals surface area contributed by atoms with E-state index in [0.29, 0.717) is 5.92 Å². The van der Waals surface area contributed by atoms with Crippen LogP contribution in [0, 0.1) is 6.92 Å². The largest absolute Gasteiger partial charge is 2.00 e. The SMILES string of the molecule is [CH2-]c1ccc(C(C)CC)cc1.[Cl-].[Mg+2]. The maximum Gasteiger partial charge on any atom is 2.00 e. The van der Waals surface area contributed by atoms with Gasteiger partial charge in [-0.2, -0.15) is 24.6 Å². The molecule has 13 heavy (non-hydrogen) atoms. The van der Waals surface area contributed by atoms with Crippen molar-refractivity contribution in [2.24, 2.45) is 0 Å². The zero-order valence-electron chi connectivity index (χ0n) is 8.39. The van der Waals surface area contributed by atoms with Crippen LogP contribution in [-0.4, -0.2) is 23.1 Å². The summed E-state index contributed by atoms with van der Waals surface area (Å²) in [5.74, 6) is 0.676. The van der Waals surface area contributed by atoms with Gasteiger partial charge in [0.1, 0.15) is 0 Å². The molecular weight excluding hydrogens is 192 g/mol. The maximum absolute atomic E-state index is 3.85. The molecule has 0 heterocycles. The zero-order chi connectivity index (χ0) is 8.27. The molecule has 0 nitrogen and oxygen atoms in total. The minimum Gasteiger partial charge on any atom is -1.00 e. The Bertz CT molecular complexity index is 218. The van der Waals surface area contributed by atoms with Crippen molar-refractivity contribution in [1.29, 1.82) is 0 Å². The van der Waals surface area contributed by atoms with Crippen molar-refractivity contribution in [1.82, 2.24) is 0 Å². The van der Waals surface area contributed by atoms with Crippen molar-refractivity contribution in [3.63, 3.8) is 0 Å². The molecule has 0 bridgehead atoms. The van der Waals surface area contributed by atoms with Gasteiger partial charge in [-0.3, -0.25) is 0 Å². The van der Waals surface area contributed by atoms with Gasteiger partial charge >= 0.3 is 23.1 Å². The Morgan fingerprint density at radius 3 is 2.08 bits per heavy atom. The van der Waals surface area contributed by atoms with Crippen LogP contribution < -0.4 is 12.4 Å². The summed E-state index contributed by atoms with van der Waals surface area (Å²) < 4.78 is 0. The second-order valence-electron chi connectivity index (χ2n) is 3.05. The van der Waals surface area contributed by atoms with Crippen molar-refractivity contribution in [2.45, 2.75) is 26.2 Å². The second kappa shape index (κ2) is 7.54. The summed E-state index contributed by atoms with van der Waals surface area (Å²) in [5, 5.41) is 0. The molecule has 1 aromatic rings. The van der Waals surface area contributed by atoms with Gasteiger partial charge in [-0.25, -0.2) is 0 Å². The molecule has 0 aliphatic carbocycles. The first-order valence-corrected chi connectivity index (χ1v) is 4.16. The van der Waals surface area contributed by atoms with Crippen LogP contribution in [0.4, 0.5) is 0 Å². The minimum atomic E-state index is 0. The van der Waals surface area contributed by atoms with Crippen LogP contribution in [0.25, 0.3) is 0 Å². The number of benzene rings is 1. The summed E-state index contributed by atoms with van der Waals surface area (Å²) >= 11 is 0. The van der Waals surface area contributed by atoms with Gasteiger partial charge < -0.3 is 12.4 Å². The van der Waals surface area contributed by atoms with Gasteiger partial charge in [0.15, 0.2) is 0 Å². The van der Waals surface area contributed by atoms with E-state index in [1.807, 2.05) is 0 Å². The molecule has 0 N–H and O–H groups in total. The maximum atomic E-state index is 3.85. The van der Waals surface area contributed by atoms with E-state index >= 15 is 0 Å². The van der Waals surface area contributed by atoms with Gasteiger partial charge in [-0.05, 0) is 12.3 Å². The molecular formula is C11H15ClMg. The molecule has 0 saturated carbocycles. The summed E-state index contributed by atoms with van der Waals surface area (Å²) in [6.45, 7) is 8.31. The van der Waals surface area contributed by atoms with Gasteiger partial charge in [0, 0.05) is 0 Å². The summed E-state index contributed by atoms with van der Waals surface area (Å²) in [6, 6.07) is 8.47. The molecule has 68 valence electrons. The molecule has 0 aliphatic rings. The molecule has 0 aromatic heterocycles. The molecule has 0 amide bonds. The number of halogens is 1. The van der Waals surface area contributed by atoms with E-state index in [4.69, 9.17) is 0 Å². The molecule has 1 unspecified atom stereocenters. The predicted octanol–water partition coefficient (Wildman–Crippen LogP) is 0.00549. The van der Waals surface area contributed by atoms with E-state index in [2.05, 4.69) is 45.0 Å². The fourth-order valence-corrected chi connectivity index (χ4v) is 1.08. The smallest absolute Gasteiger partial charge is 1.00 e. The van der Waals surface area contributed by atoms with Gasteiger partial charge in [0.25, 0.3) is 0 Å². The second-order valence-corrected chi connectivity index (χ2v) is 3.05. The molecule has 0 fully saturated rings. The number of rotatable bonds is 2. The Kier molecular flexibility index (Phi) is 9.06. The van der Waals surface area contributed by atoms with Crippen molar-refractivity contribution in [3.05, 3.63) is 42.3 Å². The Balaban J connectivity index is 0. The summed E-state index contributed by atoms with van der Waals surface area (Å²) in [7, 11) is 0. The fraction of sp³-hybridized carbons (Fsp3) is 0.364. The summed E-state index contributed by atoms with van der Waals surface area (Å²) in [6.07, 6.45) is 1.20. The average molecular weight is 207 g/mol. The Morgan fingerprint density at radius 2 is 1.69 bits per heavy atom. The first-order chi connectivity index (χ1) is 5.24. The number of hydrogen-bond acceptors (Lipinski definition) is 0. The van der Waals surface area contributed by atoms with E-state index in [1.54, 1.807) is 0 Å². The predicted molar refractivity (Wildman–Crippen MR) is 55.4 cm³/mol. The third-order valence-electron chi connectivity index (χ3n) is 2.16. The molecule has 1 rings (SSSR count). The average Bonchev–Trinajstić information content (AvgIpc) is 2.05. The number of hydrogen-bond donors (Lipinski definition) is 0. The van der Waals surface area contributed by atoms with Crippen LogP contribution in [0.1, 0.15) is 37.3 Å². The van der Waals surface area contributed by atoms with Crippen molar-refractivity contribution in [3.8, 4) is 0 Å². The molecule has 0 aliphatic heterocycles. The van der Waals surface area contributed by atoms with Crippen LogP contribution >= 0.6 is 0 Å². The molecule has 0 spiro atoms. The van der Waals surface area contributed by atoms with Gasteiger partial charge in [0.2, 0.25) is 0 Å². The third-order valence-corrected chi connectivity index (χ3v) is 2.16. The fourth-order valence-electron chi connectivity index (χ4n) is 1.08. The standard InChI is InChI=1S/C11H15.ClH.Mg/c1-4-10(3)11-7-5-9(2)6-8-11;;/h5-8,10H,2,4H2,1,3H3;1H;/q-1;;+2/p-1. The Hall–Kier alpha value is 0.146. The quantitative estimate of drug-likeness (QED) is 0.473. The molecule has 0 saturated heterocycles. The minimum absolute atomic E-state index is 0. The monoisotopic (exact) mass is 206 g/mol. The zero-order valence-corrected chi connectivity index (χ0v) is 10.6. The third kappa shape index (κ3) is 4.80. The summed E-state index contributed by atoms with van der Waals surface area (Å²) in [5.41, 5.74) is 2.51. The van der Waals surface area contributed by atoms with E-state index in [0.717, 1.165) is 5.56 Å². The first kappa shape index (κ1) is 15.6. The van der Waals surface area contributed by atoms with Crippen molar-refractivity contribution < 1.29 is 12.4 Å². The van der Waals surface area contributed by atoms with Crippen LogP contribution in [0.2, 0.25) is 0 Å². The normalized spacial score (nSPS) is 10.9. The van der Waals surface area contributed by atoms with E-state index in [9.17, 15) is 0 Å². The van der Waals surface area contributed by atoms with E-state index in [-0.39, 0.29) is 35.5 Å². The van der Waals surface area contributed by atoms with Gasteiger partial charge in [-0.15, -0.1) is 12.1 Å². The van der Waals surface area contributed by atoms with Gasteiger partial charge in [0.05, 0.1) is 0 Å². The first-order valence-electron chi connectivity index (χ1n) is 4.16. The molecule has 1 atom stereocenters. The summed E-state index contributed by atoms with van der Waals surface area (Å²) in [4.78, 5) is 0. The molecule has 0 radical (unpaired) electrons.